The Labute approximate surface area is 155 Å². The zero-order valence-corrected chi connectivity index (χ0v) is 14.8. The lowest BCUT2D eigenvalue weighted by Gasteiger charge is -2.07. The Bertz CT molecular complexity index is 964. The van der Waals surface area contributed by atoms with Gasteiger partial charge in [-0.2, -0.15) is 5.10 Å². The highest BCUT2D eigenvalue weighted by atomic mass is 35.5. The minimum Gasteiger partial charge on any atom is -0.366 e. The molecule has 0 aliphatic rings. The SMILES string of the molecule is Cc1c(C(=O)NCc2cccc(C(N)=O)c2)cnn1-c1ccc(Cl)cc1. The quantitative estimate of drug-likeness (QED) is 0.725. The molecule has 3 N–H and O–H groups in total. The molecule has 0 bridgehead atoms. The number of carbonyl (C=O) groups is 2. The van der Waals surface area contributed by atoms with E-state index in [4.69, 9.17) is 17.3 Å². The van der Waals surface area contributed by atoms with E-state index in [9.17, 15) is 9.59 Å². The maximum absolute atomic E-state index is 12.5. The first-order valence-electron chi connectivity index (χ1n) is 7.93. The molecule has 26 heavy (non-hydrogen) atoms. The molecule has 132 valence electrons. The Kier molecular flexibility index (Phi) is 5.04. The standard InChI is InChI=1S/C19H17ClN4O2/c1-12-17(11-23-24(12)16-7-5-15(20)6-8-16)19(26)22-10-13-3-2-4-14(9-13)18(21)25/h2-9,11H,10H2,1H3,(H2,21,25)(H,22,26). The van der Waals surface area contributed by atoms with Crippen LogP contribution >= 0.6 is 11.6 Å². The second-order valence-corrected chi connectivity index (χ2v) is 6.22. The largest absolute Gasteiger partial charge is 0.366 e. The fourth-order valence-electron chi connectivity index (χ4n) is 2.59. The lowest BCUT2D eigenvalue weighted by atomic mass is 10.1. The van der Waals surface area contributed by atoms with Gasteiger partial charge in [0, 0.05) is 17.1 Å². The van der Waals surface area contributed by atoms with Crippen LogP contribution < -0.4 is 11.1 Å². The molecule has 2 aromatic carbocycles. The van der Waals surface area contributed by atoms with Crippen LogP contribution in [0.15, 0.2) is 54.7 Å². The van der Waals surface area contributed by atoms with E-state index < -0.39 is 5.91 Å². The first kappa shape index (κ1) is 17.7. The van der Waals surface area contributed by atoms with Gasteiger partial charge in [-0.25, -0.2) is 4.68 Å². The second-order valence-electron chi connectivity index (χ2n) is 5.78. The third-order valence-corrected chi connectivity index (χ3v) is 4.24. The number of halogens is 1. The normalized spacial score (nSPS) is 10.5. The summed E-state index contributed by atoms with van der Waals surface area (Å²) in [6.07, 6.45) is 1.53. The molecule has 7 heteroatoms. The van der Waals surface area contributed by atoms with Crippen LogP contribution in [0.2, 0.25) is 5.02 Å². The summed E-state index contributed by atoms with van der Waals surface area (Å²) in [6.45, 7) is 2.11. The van der Waals surface area contributed by atoms with Crippen LogP contribution in [0.25, 0.3) is 5.69 Å². The van der Waals surface area contributed by atoms with Crippen LogP contribution in [0.1, 0.15) is 32.0 Å². The summed E-state index contributed by atoms with van der Waals surface area (Å²) in [6, 6.07) is 14.0. The van der Waals surface area contributed by atoms with Gasteiger partial charge in [-0.15, -0.1) is 0 Å². The fraction of sp³-hybridized carbons (Fsp3) is 0.105. The number of amides is 2. The molecule has 6 nitrogen and oxygen atoms in total. The summed E-state index contributed by atoms with van der Waals surface area (Å²) < 4.78 is 1.68. The highest BCUT2D eigenvalue weighted by Gasteiger charge is 2.15. The van der Waals surface area contributed by atoms with Crippen LogP contribution in [0.3, 0.4) is 0 Å². The molecular weight excluding hydrogens is 352 g/mol. The van der Waals surface area contributed by atoms with Crippen molar-refractivity contribution in [3.05, 3.63) is 82.1 Å². The molecule has 3 aromatic rings. The van der Waals surface area contributed by atoms with Gasteiger partial charge in [-0.1, -0.05) is 23.7 Å². The van der Waals surface area contributed by atoms with Gasteiger partial charge in [-0.05, 0) is 48.9 Å². The molecule has 1 aromatic heterocycles. The van der Waals surface area contributed by atoms with Crippen molar-refractivity contribution in [1.29, 1.82) is 0 Å². The lowest BCUT2D eigenvalue weighted by Crippen LogP contribution is -2.23. The van der Waals surface area contributed by atoms with Crippen molar-refractivity contribution < 1.29 is 9.59 Å². The number of aromatic nitrogens is 2. The summed E-state index contributed by atoms with van der Waals surface area (Å²) >= 11 is 5.90. The van der Waals surface area contributed by atoms with Gasteiger partial charge in [0.2, 0.25) is 5.91 Å². The van der Waals surface area contributed by atoms with Crippen LogP contribution in [-0.2, 0) is 6.54 Å². The average molecular weight is 369 g/mol. The van der Waals surface area contributed by atoms with Crippen molar-refractivity contribution >= 4 is 23.4 Å². The van der Waals surface area contributed by atoms with Gasteiger partial charge in [0.15, 0.2) is 0 Å². The minimum atomic E-state index is -0.502. The number of nitrogens with one attached hydrogen (secondary N) is 1. The molecule has 0 spiro atoms. The third-order valence-electron chi connectivity index (χ3n) is 3.99. The van der Waals surface area contributed by atoms with E-state index >= 15 is 0 Å². The minimum absolute atomic E-state index is 0.243. The smallest absolute Gasteiger partial charge is 0.255 e. The molecule has 2 amide bonds. The maximum Gasteiger partial charge on any atom is 0.255 e. The lowest BCUT2D eigenvalue weighted by molar-refractivity contribution is 0.0949. The Morgan fingerprint density at radius 2 is 1.92 bits per heavy atom. The molecular formula is C19H17ClN4O2. The van der Waals surface area contributed by atoms with E-state index in [0.717, 1.165) is 16.9 Å². The Morgan fingerprint density at radius 3 is 2.62 bits per heavy atom. The zero-order chi connectivity index (χ0) is 18.7. The molecule has 0 unspecified atom stereocenters. The second kappa shape index (κ2) is 7.41. The molecule has 0 saturated heterocycles. The molecule has 0 aliphatic carbocycles. The molecule has 0 fully saturated rings. The number of nitrogens with zero attached hydrogens (tertiary/aromatic N) is 2. The first-order chi connectivity index (χ1) is 12.5. The maximum atomic E-state index is 12.5. The van der Waals surface area contributed by atoms with E-state index in [-0.39, 0.29) is 12.5 Å². The van der Waals surface area contributed by atoms with E-state index in [2.05, 4.69) is 10.4 Å². The van der Waals surface area contributed by atoms with Crippen LogP contribution in [-0.4, -0.2) is 21.6 Å². The summed E-state index contributed by atoms with van der Waals surface area (Å²) in [5.74, 6) is -0.745. The van der Waals surface area contributed by atoms with E-state index in [1.165, 1.54) is 6.20 Å². The highest BCUT2D eigenvalue weighted by molar-refractivity contribution is 6.30. The van der Waals surface area contributed by atoms with Crippen molar-refractivity contribution in [3.8, 4) is 5.69 Å². The molecule has 0 radical (unpaired) electrons. The van der Waals surface area contributed by atoms with Gasteiger partial charge in [0.25, 0.3) is 5.91 Å². The number of rotatable bonds is 5. The predicted octanol–water partition coefficient (Wildman–Crippen LogP) is 2.86. The summed E-state index contributed by atoms with van der Waals surface area (Å²) in [7, 11) is 0. The monoisotopic (exact) mass is 368 g/mol. The van der Waals surface area contributed by atoms with Crippen molar-refractivity contribution in [2.45, 2.75) is 13.5 Å². The summed E-state index contributed by atoms with van der Waals surface area (Å²) in [5.41, 5.74) is 8.48. The molecule has 1 heterocycles. The zero-order valence-electron chi connectivity index (χ0n) is 14.1. The van der Waals surface area contributed by atoms with Gasteiger partial charge in [-0.3, -0.25) is 9.59 Å². The van der Waals surface area contributed by atoms with Crippen LogP contribution in [0.5, 0.6) is 0 Å². The van der Waals surface area contributed by atoms with Gasteiger partial charge in [0.05, 0.1) is 23.1 Å². The third kappa shape index (κ3) is 3.75. The van der Waals surface area contributed by atoms with E-state index in [1.54, 1.807) is 35.0 Å². The number of hydrogen-bond donors (Lipinski definition) is 2. The molecule has 0 atom stereocenters. The van der Waals surface area contributed by atoms with Crippen LogP contribution in [0.4, 0.5) is 0 Å². The van der Waals surface area contributed by atoms with Crippen molar-refractivity contribution in [3.63, 3.8) is 0 Å². The number of hydrogen-bond acceptors (Lipinski definition) is 3. The Hall–Kier alpha value is -3.12. The van der Waals surface area contributed by atoms with Gasteiger partial charge < -0.3 is 11.1 Å². The van der Waals surface area contributed by atoms with E-state index in [0.29, 0.717) is 16.1 Å². The highest BCUT2D eigenvalue weighted by Crippen LogP contribution is 2.17. The van der Waals surface area contributed by atoms with Crippen molar-refractivity contribution in [2.75, 3.05) is 0 Å². The average Bonchev–Trinajstić information content (AvgIpc) is 3.02. The number of benzene rings is 2. The number of nitrogens with two attached hydrogens (primary N) is 1. The van der Waals surface area contributed by atoms with Crippen molar-refractivity contribution in [2.24, 2.45) is 5.73 Å². The molecule has 0 saturated carbocycles. The van der Waals surface area contributed by atoms with Crippen molar-refractivity contribution in [1.82, 2.24) is 15.1 Å². The van der Waals surface area contributed by atoms with Crippen LogP contribution in [0, 0.1) is 6.92 Å². The Morgan fingerprint density at radius 1 is 1.19 bits per heavy atom. The summed E-state index contributed by atoms with van der Waals surface area (Å²) in [4.78, 5) is 23.7. The molecule has 0 aliphatic heterocycles. The summed E-state index contributed by atoms with van der Waals surface area (Å²) in [5, 5.41) is 7.75. The van der Waals surface area contributed by atoms with Gasteiger partial charge >= 0.3 is 0 Å². The number of carbonyl (C=O) groups excluding carboxylic acids is 2. The van der Waals surface area contributed by atoms with E-state index in [1.807, 2.05) is 25.1 Å². The fourth-order valence-corrected chi connectivity index (χ4v) is 2.71. The Balaban J connectivity index is 1.74. The first-order valence-corrected chi connectivity index (χ1v) is 8.31. The predicted molar refractivity (Wildman–Crippen MR) is 99.4 cm³/mol. The number of primary amides is 1. The van der Waals surface area contributed by atoms with Gasteiger partial charge in [0.1, 0.15) is 0 Å². The topological polar surface area (TPSA) is 90.0 Å². The molecule has 3 rings (SSSR count).